The average molecular weight is 436 g/mol. The molecule has 7 nitrogen and oxygen atoms in total. The summed E-state index contributed by atoms with van der Waals surface area (Å²) in [6.07, 6.45) is 0. The predicted molar refractivity (Wildman–Crippen MR) is 120 cm³/mol. The highest BCUT2D eigenvalue weighted by molar-refractivity contribution is 7.99. The molecule has 0 atom stereocenters. The zero-order chi connectivity index (χ0) is 21.5. The minimum absolute atomic E-state index is 0.153. The summed E-state index contributed by atoms with van der Waals surface area (Å²) in [6.45, 7) is 2.68. The van der Waals surface area contributed by atoms with Crippen LogP contribution in [-0.4, -0.2) is 28.5 Å². The molecule has 0 spiro atoms. The number of thioether (sulfide) groups is 1. The molecular formula is C23H21N3O4S. The van der Waals surface area contributed by atoms with Crippen molar-refractivity contribution in [2.45, 2.75) is 18.8 Å². The summed E-state index contributed by atoms with van der Waals surface area (Å²) in [5.74, 6) is 1.82. The Balaban J connectivity index is 1.25. The van der Waals surface area contributed by atoms with Gasteiger partial charge in [-0.15, -0.1) is 10.2 Å². The molecule has 0 saturated carbocycles. The van der Waals surface area contributed by atoms with E-state index in [-0.39, 0.29) is 18.3 Å². The van der Waals surface area contributed by atoms with Crippen LogP contribution in [0.5, 0.6) is 11.5 Å². The maximum absolute atomic E-state index is 12.1. The second-order valence-corrected chi connectivity index (χ2v) is 7.48. The fourth-order valence-electron chi connectivity index (χ4n) is 2.88. The standard InChI is InChI=1S/C23H21N3O4S/c1-2-28-19-11-8-18(9-12-19)24-21(27)15-31-23-26-25-22(30-23)14-29-20-10-7-16-5-3-4-6-17(16)13-20/h3-13H,2,14-15H2,1H3,(H,24,27). The van der Waals surface area contributed by atoms with Crippen LogP contribution in [0.25, 0.3) is 10.8 Å². The van der Waals surface area contributed by atoms with Crippen molar-refractivity contribution >= 4 is 34.1 Å². The van der Waals surface area contributed by atoms with Gasteiger partial charge in [0.2, 0.25) is 5.91 Å². The molecular weight excluding hydrogens is 414 g/mol. The first kappa shape index (κ1) is 20.7. The van der Waals surface area contributed by atoms with E-state index >= 15 is 0 Å². The largest absolute Gasteiger partial charge is 0.494 e. The Kier molecular flexibility index (Phi) is 6.68. The van der Waals surface area contributed by atoms with Crippen LogP contribution in [0.3, 0.4) is 0 Å². The third kappa shape index (κ3) is 5.76. The molecule has 1 N–H and O–H groups in total. The van der Waals surface area contributed by atoms with Crippen LogP contribution in [0.1, 0.15) is 12.8 Å². The van der Waals surface area contributed by atoms with E-state index in [9.17, 15) is 4.79 Å². The number of carbonyl (C=O) groups is 1. The van der Waals surface area contributed by atoms with E-state index in [1.807, 2.05) is 61.5 Å². The van der Waals surface area contributed by atoms with Gasteiger partial charge in [0.05, 0.1) is 12.4 Å². The number of rotatable bonds is 9. The summed E-state index contributed by atoms with van der Waals surface area (Å²) in [4.78, 5) is 12.1. The molecule has 1 heterocycles. The van der Waals surface area contributed by atoms with E-state index < -0.39 is 0 Å². The molecule has 158 valence electrons. The van der Waals surface area contributed by atoms with Crippen molar-refractivity contribution in [2.24, 2.45) is 0 Å². The summed E-state index contributed by atoms with van der Waals surface area (Å²) >= 11 is 1.17. The molecule has 0 aliphatic carbocycles. The zero-order valence-corrected chi connectivity index (χ0v) is 17.7. The minimum Gasteiger partial charge on any atom is -0.494 e. The van der Waals surface area contributed by atoms with Crippen molar-refractivity contribution in [1.82, 2.24) is 10.2 Å². The molecule has 0 unspecified atom stereocenters. The van der Waals surface area contributed by atoms with Crippen molar-refractivity contribution in [1.29, 1.82) is 0 Å². The molecule has 0 aliphatic rings. The first-order chi connectivity index (χ1) is 15.2. The molecule has 3 aromatic carbocycles. The molecule has 1 aromatic heterocycles. The first-order valence-corrected chi connectivity index (χ1v) is 10.8. The zero-order valence-electron chi connectivity index (χ0n) is 16.9. The lowest BCUT2D eigenvalue weighted by molar-refractivity contribution is -0.113. The van der Waals surface area contributed by atoms with Gasteiger partial charge < -0.3 is 19.2 Å². The lowest BCUT2D eigenvalue weighted by atomic mass is 10.1. The Bertz CT molecular complexity index is 1160. The number of hydrogen-bond donors (Lipinski definition) is 1. The molecule has 0 saturated heterocycles. The van der Waals surface area contributed by atoms with Crippen LogP contribution in [0.2, 0.25) is 0 Å². The van der Waals surface area contributed by atoms with Crippen molar-refractivity contribution in [3.63, 3.8) is 0 Å². The van der Waals surface area contributed by atoms with Gasteiger partial charge in [-0.3, -0.25) is 4.79 Å². The Morgan fingerprint density at radius 2 is 1.74 bits per heavy atom. The number of nitrogens with one attached hydrogen (secondary N) is 1. The van der Waals surface area contributed by atoms with Crippen LogP contribution < -0.4 is 14.8 Å². The number of amides is 1. The van der Waals surface area contributed by atoms with Crippen LogP contribution in [0.15, 0.2) is 76.4 Å². The third-order valence-corrected chi connectivity index (χ3v) is 5.13. The fourth-order valence-corrected chi connectivity index (χ4v) is 3.46. The van der Waals surface area contributed by atoms with E-state index in [2.05, 4.69) is 15.5 Å². The monoisotopic (exact) mass is 435 g/mol. The van der Waals surface area contributed by atoms with Gasteiger partial charge in [-0.1, -0.05) is 42.1 Å². The number of hydrogen-bond acceptors (Lipinski definition) is 7. The van der Waals surface area contributed by atoms with Gasteiger partial charge in [-0.05, 0) is 54.1 Å². The van der Waals surface area contributed by atoms with Gasteiger partial charge in [-0.2, -0.15) is 0 Å². The summed E-state index contributed by atoms with van der Waals surface area (Å²) < 4.78 is 16.7. The quantitative estimate of drug-likeness (QED) is 0.373. The second-order valence-electron chi connectivity index (χ2n) is 6.55. The Hall–Kier alpha value is -3.52. The highest BCUT2D eigenvalue weighted by atomic mass is 32.2. The van der Waals surface area contributed by atoms with Gasteiger partial charge in [-0.25, -0.2) is 0 Å². The normalized spacial score (nSPS) is 10.7. The highest BCUT2D eigenvalue weighted by Crippen LogP contribution is 2.22. The van der Waals surface area contributed by atoms with E-state index in [0.29, 0.717) is 23.4 Å². The lowest BCUT2D eigenvalue weighted by Crippen LogP contribution is -2.13. The molecule has 4 aromatic rings. The molecule has 0 radical (unpaired) electrons. The lowest BCUT2D eigenvalue weighted by Gasteiger charge is -2.06. The number of ether oxygens (including phenoxy) is 2. The van der Waals surface area contributed by atoms with Crippen molar-refractivity contribution in [3.8, 4) is 11.5 Å². The van der Waals surface area contributed by atoms with Gasteiger partial charge in [0.25, 0.3) is 11.1 Å². The van der Waals surface area contributed by atoms with Crippen LogP contribution in [-0.2, 0) is 11.4 Å². The van der Waals surface area contributed by atoms with E-state index in [0.717, 1.165) is 22.3 Å². The van der Waals surface area contributed by atoms with Crippen molar-refractivity contribution < 1.29 is 18.7 Å². The Labute approximate surface area is 183 Å². The van der Waals surface area contributed by atoms with Crippen LogP contribution >= 0.6 is 11.8 Å². The Morgan fingerprint density at radius 1 is 0.968 bits per heavy atom. The molecule has 0 aliphatic heterocycles. The number of nitrogens with zero attached hydrogens (tertiary/aromatic N) is 2. The van der Waals surface area contributed by atoms with Crippen LogP contribution in [0, 0.1) is 0 Å². The fraction of sp³-hybridized carbons (Fsp3) is 0.174. The number of benzene rings is 3. The van der Waals surface area contributed by atoms with E-state index in [1.165, 1.54) is 11.8 Å². The maximum atomic E-state index is 12.1. The van der Waals surface area contributed by atoms with E-state index in [1.54, 1.807) is 12.1 Å². The minimum atomic E-state index is -0.165. The number of anilines is 1. The second kappa shape index (κ2) is 9.99. The molecule has 0 bridgehead atoms. The summed E-state index contributed by atoms with van der Waals surface area (Å²) in [5.41, 5.74) is 0.698. The maximum Gasteiger partial charge on any atom is 0.277 e. The van der Waals surface area contributed by atoms with Gasteiger partial charge in [0, 0.05) is 5.69 Å². The number of fused-ring (bicyclic) bond motifs is 1. The van der Waals surface area contributed by atoms with Gasteiger partial charge >= 0.3 is 0 Å². The topological polar surface area (TPSA) is 86.5 Å². The van der Waals surface area contributed by atoms with Crippen molar-refractivity contribution in [2.75, 3.05) is 17.7 Å². The third-order valence-electron chi connectivity index (χ3n) is 4.31. The molecule has 1 amide bonds. The highest BCUT2D eigenvalue weighted by Gasteiger charge is 2.11. The van der Waals surface area contributed by atoms with Crippen LogP contribution in [0.4, 0.5) is 5.69 Å². The van der Waals surface area contributed by atoms with Gasteiger partial charge in [0.1, 0.15) is 11.5 Å². The number of carbonyl (C=O) groups excluding carboxylic acids is 1. The average Bonchev–Trinajstić information content (AvgIpc) is 3.26. The smallest absolute Gasteiger partial charge is 0.277 e. The molecule has 0 fully saturated rings. The SMILES string of the molecule is CCOc1ccc(NC(=O)CSc2nnc(COc3ccc4ccccc4c3)o2)cc1. The summed E-state index contributed by atoms with van der Waals surface area (Å²) in [7, 11) is 0. The van der Waals surface area contributed by atoms with Crippen molar-refractivity contribution in [3.05, 3.63) is 72.6 Å². The molecule has 31 heavy (non-hydrogen) atoms. The Morgan fingerprint density at radius 3 is 2.55 bits per heavy atom. The first-order valence-electron chi connectivity index (χ1n) is 9.79. The molecule has 8 heteroatoms. The summed E-state index contributed by atoms with van der Waals surface area (Å²) in [5, 5.41) is 13.3. The summed E-state index contributed by atoms with van der Waals surface area (Å²) in [6, 6.07) is 21.1. The van der Waals surface area contributed by atoms with Gasteiger partial charge in [0.15, 0.2) is 6.61 Å². The number of aromatic nitrogens is 2. The predicted octanol–water partition coefficient (Wildman–Crippen LogP) is 4.93. The van der Waals surface area contributed by atoms with E-state index in [4.69, 9.17) is 13.9 Å². The molecule has 4 rings (SSSR count).